The zero-order valence-corrected chi connectivity index (χ0v) is 10.6. The number of carbonyl (C=O) groups is 1. The Morgan fingerprint density at radius 2 is 1.88 bits per heavy atom. The van der Waals surface area contributed by atoms with Gasteiger partial charge in [0.25, 0.3) is 0 Å². The van der Waals surface area contributed by atoms with Crippen LogP contribution < -0.4 is 0 Å². The minimum absolute atomic E-state index is 0.193. The van der Waals surface area contributed by atoms with Gasteiger partial charge in [-0.25, -0.2) is 0 Å². The molecule has 0 aromatic heterocycles. The quantitative estimate of drug-likeness (QED) is 0.735. The number of unbranched alkanes of at least 4 members (excludes halogenated alkanes) is 2. The van der Waals surface area contributed by atoms with Gasteiger partial charge in [0.15, 0.2) is 5.78 Å². The van der Waals surface area contributed by atoms with Gasteiger partial charge in [0, 0.05) is 18.4 Å². The van der Waals surface area contributed by atoms with E-state index in [0.717, 1.165) is 50.5 Å². The molecule has 0 saturated heterocycles. The van der Waals surface area contributed by atoms with Crippen molar-refractivity contribution in [3.63, 3.8) is 0 Å². The first-order chi connectivity index (χ1) is 7.69. The van der Waals surface area contributed by atoms with Crippen LogP contribution in [0.1, 0.15) is 65.2 Å². The SMILES string of the molecule is CCCCC1=C(O)CC(CCCC)CC1=O. The average Bonchev–Trinajstić information content (AvgIpc) is 2.25. The summed E-state index contributed by atoms with van der Waals surface area (Å²) in [6.45, 7) is 4.27. The maximum Gasteiger partial charge on any atom is 0.162 e. The number of allylic oxidation sites excluding steroid dienone is 2. The molecule has 0 fully saturated rings. The van der Waals surface area contributed by atoms with Crippen LogP contribution in [0.3, 0.4) is 0 Å². The molecular formula is C14H24O2. The van der Waals surface area contributed by atoms with E-state index in [9.17, 15) is 9.90 Å². The van der Waals surface area contributed by atoms with Crippen LogP contribution in [0.2, 0.25) is 0 Å². The largest absolute Gasteiger partial charge is 0.512 e. The van der Waals surface area contributed by atoms with E-state index in [4.69, 9.17) is 0 Å². The molecule has 0 spiro atoms. The Kier molecular flexibility index (Phi) is 5.58. The lowest BCUT2D eigenvalue weighted by molar-refractivity contribution is -0.117. The molecule has 1 unspecified atom stereocenters. The molecule has 1 atom stereocenters. The van der Waals surface area contributed by atoms with Crippen LogP contribution in [0.15, 0.2) is 11.3 Å². The average molecular weight is 224 g/mol. The van der Waals surface area contributed by atoms with Crippen LogP contribution in [-0.2, 0) is 4.79 Å². The molecule has 2 nitrogen and oxygen atoms in total. The maximum atomic E-state index is 11.9. The second kappa shape index (κ2) is 6.72. The third-order valence-electron chi connectivity index (χ3n) is 3.39. The van der Waals surface area contributed by atoms with E-state index in [-0.39, 0.29) is 5.78 Å². The van der Waals surface area contributed by atoms with Crippen molar-refractivity contribution in [2.75, 3.05) is 0 Å². The highest BCUT2D eigenvalue weighted by Gasteiger charge is 2.26. The summed E-state index contributed by atoms with van der Waals surface area (Å²) in [6.07, 6.45) is 7.63. The predicted octanol–water partition coefficient (Wildman–Crippen LogP) is 4.16. The molecule has 1 aliphatic rings. The number of carbonyl (C=O) groups excluding carboxylic acids is 1. The molecule has 1 aliphatic carbocycles. The number of rotatable bonds is 6. The summed E-state index contributed by atoms with van der Waals surface area (Å²) < 4.78 is 0. The topological polar surface area (TPSA) is 37.3 Å². The molecule has 0 radical (unpaired) electrons. The van der Waals surface area contributed by atoms with E-state index in [2.05, 4.69) is 13.8 Å². The van der Waals surface area contributed by atoms with E-state index >= 15 is 0 Å². The van der Waals surface area contributed by atoms with E-state index in [1.807, 2.05) is 0 Å². The fraction of sp³-hybridized carbons (Fsp3) is 0.786. The number of aliphatic hydroxyl groups is 1. The Morgan fingerprint density at radius 3 is 2.44 bits per heavy atom. The van der Waals surface area contributed by atoms with Gasteiger partial charge >= 0.3 is 0 Å². The zero-order chi connectivity index (χ0) is 12.0. The van der Waals surface area contributed by atoms with Crippen LogP contribution in [0.25, 0.3) is 0 Å². The Balaban J connectivity index is 2.55. The molecule has 0 aliphatic heterocycles. The molecule has 92 valence electrons. The highest BCUT2D eigenvalue weighted by atomic mass is 16.3. The van der Waals surface area contributed by atoms with E-state index < -0.39 is 0 Å². The highest BCUT2D eigenvalue weighted by Crippen LogP contribution is 2.31. The third-order valence-corrected chi connectivity index (χ3v) is 3.39. The standard InChI is InChI=1S/C14H24O2/c1-3-5-7-11-9-13(15)12(8-6-4-2)14(16)10-11/h11,15H,3-10H2,1-2H3. The molecule has 16 heavy (non-hydrogen) atoms. The van der Waals surface area contributed by atoms with Crippen molar-refractivity contribution in [1.82, 2.24) is 0 Å². The predicted molar refractivity (Wildman–Crippen MR) is 66.4 cm³/mol. The van der Waals surface area contributed by atoms with Crippen molar-refractivity contribution in [3.05, 3.63) is 11.3 Å². The zero-order valence-electron chi connectivity index (χ0n) is 10.6. The molecule has 0 bridgehead atoms. The molecule has 1 rings (SSSR count). The lowest BCUT2D eigenvalue weighted by atomic mass is 9.82. The van der Waals surface area contributed by atoms with Crippen LogP contribution in [0, 0.1) is 5.92 Å². The van der Waals surface area contributed by atoms with Crippen LogP contribution in [0.4, 0.5) is 0 Å². The lowest BCUT2D eigenvalue weighted by Gasteiger charge is -2.23. The number of ketones is 1. The van der Waals surface area contributed by atoms with Gasteiger partial charge in [-0.2, -0.15) is 0 Å². The van der Waals surface area contributed by atoms with Crippen molar-refractivity contribution in [2.24, 2.45) is 5.92 Å². The molecule has 2 heteroatoms. The van der Waals surface area contributed by atoms with Gasteiger partial charge in [0.1, 0.15) is 0 Å². The van der Waals surface area contributed by atoms with E-state index in [1.54, 1.807) is 0 Å². The fourth-order valence-electron chi connectivity index (χ4n) is 2.35. The minimum atomic E-state index is 0.193. The summed E-state index contributed by atoms with van der Waals surface area (Å²) in [5.74, 6) is 0.960. The summed E-state index contributed by atoms with van der Waals surface area (Å²) >= 11 is 0. The smallest absolute Gasteiger partial charge is 0.162 e. The Hall–Kier alpha value is -0.790. The van der Waals surface area contributed by atoms with Gasteiger partial charge in [-0.15, -0.1) is 0 Å². The van der Waals surface area contributed by atoms with Gasteiger partial charge in [0.2, 0.25) is 0 Å². The van der Waals surface area contributed by atoms with Crippen molar-refractivity contribution < 1.29 is 9.90 Å². The molecular weight excluding hydrogens is 200 g/mol. The van der Waals surface area contributed by atoms with Crippen LogP contribution >= 0.6 is 0 Å². The first-order valence-corrected chi connectivity index (χ1v) is 6.63. The Bertz CT molecular complexity index is 266. The van der Waals surface area contributed by atoms with Crippen LogP contribution in [0.5, 0.6) is 0 Å². The van der Waals surface area contributed by atoms with Gasteiger partial charge in [-0.3, -0.25) is 4.79 Å². The van der Waals surface area contributed by atoms with Gasteiger partial charge < -0.3 is 5.11 Å². The Morgan fingerprint density at radius 1 is 1.19 bits per heavy atom. The molecule has 0 heterocycles. The van der Waals surface area contributed by atoms with Crippen LogP contribution in [-0.4, -0.2) is 10.9 Å². The number of hydrogen-bond acceptors (Lipinski definition) is 2. The van der Waals surface area contributed by atoms with Gasteiger partial charge in [-0.1, -0.05) is 33.1 Å². The molecule has 0 aromatic rings. The normalized spacial score (nSPS) is 21.6. The van der Waals surface area contributed by atoms with Gasteiger partial charge in [0.05, 0.1) is 5.76 Å². The van der Waals surface area contributed by atoms with Crippen molar-refractivity contribution in [1.29, 1.82) is 0 Å². The van der Waals surface area contributed by atoms with E-state index in [1.165, 1.54) is 0 Å². The van der Waals surface area contributed by atoms with E-state index in [0.29, 0.717) is 18.1 Å². The second-order valence-corrected chi connectivity index (χ2v) is 4.87. The second-order valence-electron chi connectivity index (χ2n) is 4.87. The minimum Gasteiger partial charge on any atom is -0.512 e. The highest BCUT2D eigenvalue weighted by molar-refractivity contribution is 5.96. The van der Waals surface area contributed by atoms with Gasteiger partial charge in [-0.05, 0) is 25.2 Å². The van der Waals surface area contributed by atoms with Crippen molar-refractivity contribution in [2.45, 2.75) is 65.2 Å². The summed E-state index contributed by atoms with van der Waals surface area (Å²) in [6, 6.07) is 0. The molecule has 0 saturated carbocycles. The molecule has 0 amide bonds. The first kappa shape index (κ1) is 13.3. The lowest BCUT2D eigenvalue weighted by Crippen LogP contribution is -2.19. The number of Topliss-reactive ketones (excluding diaryl/α,β-unsaturated/α-hetero) is 1. The summed E-state index contributed by atoms with van der Waals surface area (Å²) in [5, 5.41) is 9.89. The van der Waals surface area contributed by atoms with Crippen molar-refractivity contribution in [3.8, 4) is 0 Å². The third kappa shape index (κ3) is 3.66. The monoisotopic (exact) mass is 224 g/mol. The fourth-order valence-corrected chi connectivity index (χ4v) is 2.35. The number of aliphatic hydroxyl groups excluding tert-OH is 1. The number of hydrogen-bond donors (Lipinski definition) is 1. The summed E-state index contributed by atoms with van der Waals surface area (Å²) in [5.41, 5.74) is 0.717. The maximum absolute atomic E-state index is 11.9. The molecule has 0 aromatic carbocycles. The Labute approximate surface area is 98.7 Å². The summed E-state index contributed by atoms with van der Waals surface area (Å²) in [7, 11) is 0. The molecule has 1 N–H and O–H groups in total. The first-order valence-electron chi connectivity index (χ1n) is 6.63. The van der Waals surface area contributed by atoms with Crippen molar-refractivity contribution >= 4 is 5.78 Å². The summed E-state index contributed by atoms with van der Waals surface area (Å²) in [4.78, 5) is 11.9.